The van der Waals surface area contributed by atoms with Crippen molar-refractivity contribution < 1.29 is 4.79 Å². The van der Waals surface area contributed by atoms with Gasteiger partial charge in [0.15, 0.2) is 0 Å². The van der Waals surface area contributed by atoms with Crippen LogP contribution >= 0.6 is 0 Å². The van der Waals surface area contributed by atoms with E-state index < -0.39 is 0 Å². The number of aryl methyl sites for hydroxylation is 1. The summed E-state index contributed by atoms with van der Waals surface area (Å²) < 4.78 is 1.75. The van der Waals surface area contributed by atoms with E-state index >= 15 is 0 Å². The second kappa shape index (κ2) is 4.96. The van der Waals surface area contributed by atoms with E-state index in [1.165, 1.54) is 0 Å². The molecule has 0 aromatic carbocycles. The predicted molar refractivity (Wildman–Crippen MR) is 60.6 cm³/mol. The zero-order valence-corrected chi connectivity index (χ0v) is 9.87. The molecular formula is C11H19N3O. The first-order valence-electron chi connectivity index (χ1n) is 5.39. The van der Waals surface area contributed by atoms with Crippen molar-refractivity contribution in [3.63, 3.8) is 0 Å². The minimum absolute atomic E-state index is 0.0936. The number of aromatic nitrogens is 2. The van der Waals surface area contributed by atoms with Crippen LogP contribution in [0.25, 0.3) is 0 Å². The van der Waals surface area contributed by atoms with E-state index in [9.17, 15) is 4.79 Å². The molecule has 4 heteroatoms. The molecule has 0 atom stereocenters. The molecule has 0 fully saturated rings. The molecule has 1 amide bonds. The SMILES string of the molecule is CCC(CC)C(=O)Nc1cnn(C)c1C. The van der Waals surface area contributed by atoms with Gasteiger partial charge in [-0.1, -0.05) is 13.8 Å². The van der Waals surface area contributed by atoms with E-state index in [0.717, 1.165) is 24.2 Å². The molecule has 15 heavy (non-hydrogen) atoms. The average molecular weight is 209 g/mol. The molecule has 0 unspecified atom stereocenters. The third kappa shape index (κ3) is 2.58. The molecule has 0 spiro atoms. The topological polar surface area (TPSA) is 46.9 Å². The Morgan fingerprint density at radius 1 is 1.53 bits per heavy atom. The van der Waals surface area contributed by atoms with Crippen LogP contribution in [0.1, 0.15) is 32.4 Å². The highest BCUT2D eigenvalue weighted by atomic mass is 16.1. The third-order valence-corrected chi connectivity index (χ3v) is 2.85. The van der Waals surface area contributed by atoms with E-state index in [1.807, 2.05) is 27.8 Å². The monoisotopic (exact) mass is 209 g/mol. The molecule has 4 nitrogen and oxygen atoms in total. The van der Waals surface area contributed by atoms with Crippen molar-refractivity contribution in [2.45, 2.75) is 33.6 Å². The number of nitrogens with zero attached hydrogens (tertiary/aromatic N) is 2. The van der Waals surface area contributed by atoms with Crippen molar-refractivity contribution in [3.8, 4) is 0 Å². The van der Waals surface area contributed by atoms with E-state index in [4.69, 9.17) is 0 Å². The summed E-state index contributed by atoms with van der Waals surface area (Å²) in [6.07, 6.45) is 3.44. The standard InChI is InChI=1S/C11H19N3O/c1-5-9(6-2)11(15)13-10-7-12-14(4)8(10)3/h7,9H,5-6H2,1-4H3,(H,13,15). The number of anilines is 1. The van der Waals surface area contributed by atoms with Crippen LogP contribution < -0.4 is 5.32 Å². The quantitative estimate of drug-likeness (QED) is 0.825. The molecule has 1 aromatic rings. The van der Waals surface area contributed by atoms with Crippen LogP contribution in [0.3, 0.4) is 0 Å². The molecule has 0 saturated carbocycles. The molecule has 1 aromatic heterocycles. The Hall–Kier alpha value is -1.32. The van der Waals surface area contributed by atoms with E-state index in [1.54, 1.807) is 10.9 Å². The Morgan fingerprint density at radius 3 is 2.53 bits per heavy atom. The zero-order chi connectivity index (χ0) is 11.4. The molecule has 1 heterocycles. The molecular weight excluding hydrogens is 190 g/mol. The van der Waals surface area contributed by atoms with Gasteiger partial charge in [-0.05, 0) is 19.8 Å². The van der Waals surface area contributed by atoms with Crippen molar-refractivity contribution in [2.75, 3.05) is 5.32 Å². The van der Waals surface area contributed by atoms with Crippen LogP contribution in [0, 0.1) is 12.8 Å². The fourth-order valence-electron chi connectivity index (χ4n) is 1.52. The summed E-state index contributed by atoms with van der Waals surface area (Å²) >= 11 is 0. The lowest BCUT2D eigenvalue weighted by Crippen LogP contribution is -2.21. The maximum atomic E-state index is 11.8. The van der Waals surface area contributed by atoms with Gasteiger partial charge in [-0.15, -0.1) is 0 Å². The second-order valence-electron chi connectivity index (χ2n) is 3.77. The number of nitrogens with one attached hydrogen (secondary N) is 1. The highest BCUT2D eigenvalue weighted by molar-refractivity contribution is 5.92. The zero-order valence-electron chi connectivity index (χ0n) is 9.87. The van der Waals surface area contributed by atoms with Gasteiger partial charge in [0, 0.05) is 13.0 Å². The summed E-state index contributed by atoms with van der Waals surface area (Å²) in [4.78, 5) is 11.8. The molecule has 0 aliphatic carbocycles. The normalized spacial score (nSPS) is 10.7. The summed E-state index contributed by atoms with van der Waals surface area (Å²) in [6.45, 7) is 6.00. The number of hydrogen-bond donors (Lipinski definition) is 1. The Labute approximate surface area is 90.7 Å². The minimum Gasteiger partial charge on any atom is -0.323 e. The molecule has 0 saturated heterocycles. The van der Waals surface area contributed by atoms with Gasteiger partial charge in [0.05, 0.1) is 17.6 Å². The number of carbonyl (C=O) groups excluding carboxylic acids is 1. The van der Waals surface area contributed by atoms with E-state index in [-0.39, 0.29) is 11.8 Å². The molecule has 0 bridgehead atoms. The number of amides is 1. The summed E-state index contributed by atoms with van der Waals surface area (Å²) in [6, 6.07) is 0. The van der Waals surface area contributed by atoms with Crippen LogP contribution in [-0.2, 0) is 11.8 Å². The smallest absolute Gasteiger partial charge is 0.227 e. The second-order valence-corrected chi connectivity index (χ2v) is 3.77. The number of hydrogen-bond acceptors (Lipinski definition) is 2. The largest absolute Gasteiger partial charge is 0.323 e. The first-order valence-corrected chi connectivity index (χ1v) is 5.39. The molecule has 0 aliphatic heterocycles. The van der Waals surface area contributed by atoms with Gasteiger partial charge in [-0.25, -0.2) is 0 Å². The number of carbonyl (C=O) groups is 1. The maximum absolute atomic E-state index is 11.8. The van der Waals surface area contributed by atoms with Gasteiger partial charge >= 0.3 is 0 Å². The fraction of sp³-hybridized carbons (Fsp3) is 0.636. The maximum Gasteiger partial charge on any atom is 0.227 e. The summed E-state index contributed by atoms with van der Waals surface area (Å²) in [5, 5.41) is 6.99. The lowest BCUT2D eigenvalue weighted by atomic mass is 10.0. The third-order valence-electron chi connectivity index (χ3n) is 2.85. The van der Waals surface area contributed by atoms with Gasteiger partial charge in [0.1, 0.15) is 0 Å². The van der Waals surface area contributed by atoms with E-state index in [2.05, 4.69) is 10.4 Å². The van der Waals surface area contributed by atoms with Gasteiger partial charge in [-0.3, -0.25) is 9.48 Å². The predicted octanol–water partition coefficient (Wildman–Crippen LogP) is 2.10. The van der Waals surface area contributed by atoms with E-state index in [0.29, 0.717) is 0 Å². The molecule has 1 rings (SSSR count). The minimum atomic E-state index is 0.0936. The highest BCUT2D eigenvalue weighted by Gasteiger charge is 2.15. The molecule has 84 valence electrons. The summed E-state index contributed by atoms with van der Waals surface area (Å²) in [5.74, 6) is 0.195. The van der Waals surface area contributed by atoms with Gasteiger partial charge in [-0.2, -0.15) is 5.10 Å². The Balaban J connectivity index is 2.70. The summed E-state index contributed by atoms with van der Waals surface area (Å²) in [5.41, 5.74) is 1.80. The fourth-order valence-corrected chi connectivity index (χ4v) is 1.52. The molecule has 0 radical (unpaired) electrons. The van der Waals surface area contributed by atoms with Gasteiger partial charge < -0.3 is 5.32 Å². The number of rotatable bonds is 4. The average Bonchev–Trinajstić information content (AvgIpc) is 2.52. The molecule has 0 aliphatic rings. The van der Waals surface area contributed by atoms with Crippen molar-refractivity contribution >= 4 is 11.6 Å². The highest BCUT2D eigenvalue weighted by Crippen LogP contribution is 2.15. The van der Waals surface area contributed by atoms with Crippen molar-refractivity contribution in [1.29, 1.82) is 0 Å². The van der Waals surface area contributed by atoms with Crippen molar-refractivity contribution in [3.05, 3.63) is 11.9 Å². The van der Waals surface area contributed by atoms with Crippen LogP contribution in [-0.4, -0.2) is 15.7 Å². The van der Waals surface area contributed by atoms with Crippen molar-refractivity contribution in [1.82, 2.24) is 9.78 Å². The van der Waals surface area contributed by atoms with Crippen LogP contribution in [0.15, 0.2) is 6.20 Å². The lowest BCUT2D eigenvalue weighted by molar-refractivity contribution is -0.120. The van der Waals surface area contributed by atoms with Gasteiger partial charge in [0.2, 0.25) is 5.91 Å². The lowest BCUT2D eigenvalue weighted by Gasteiger charge is -2.12. The Bertz CT molecular complexity index is 340. The van der Waals surface area contributed by atoms with Crippen LogP contribution in [0.2, 0.25) is 0 Å². The Morgan fingerprint density at radius 2 is 2.13 bits per heavy atom. The van der Waals surface area contributed by atoms with Crippen molar-refractivity contribution in [2.24, 2.45) is 13.0 Å². The Kier molecular flexibility index (Phi) is 3.88. The molecule has 1 N–H and O–H groups in total. The summed E-state index contributed by atoms with van der Waals surface area (Å²) in [7, 11) is 1.86. The van der Waals surface area contributed by atoms with Gasteiger partial charge in [0.25, 0.3) is 0 Å². The van der Waals surface area contributed by atoms with Crippen LogP contribution in [0.5, 0.6) is 0 Å². The first-order chi connectivity index (χ1) is 7.10. The first kappa shape index (κ1) is 11.8. The van der Waals surface area contributed by atoms with Crippen LogP contribution in [0.4, 0.5) is 5.69 Å².